The average molecular weight is 454 g/mol. The highest BCUT2D eigenvalue weighted by molar-refractivity contribution is 7.12. The molecule has 1 aliphatic heterocycles. The molecule has 0 saturated carbocycles. The van der Waals surface area contributed by atoms with Gasteiger partial charge < -0.3 is 15.4 Å². The molecule has 32 heavy (non-hydrogen) atoms. The molecule has 2 amide bonds. The Bertz CT molecular complexity index is 1020. The van der Waals surface area contributed by atoms with Gasteiger partial charge in [0, 0.05) is 31.7 Å². The molecule has 0 radical (unpaired) electrons. The van der Waals surface area contributed by atoms with E-state index in [4.69, 9.17) is 4.74 Å². The number of hydrogen-bond acceptors (Lipinski definition) is 6. The Labute approximate surface area is 191 Å². The number of carbonyl (C=O) groups is 2. The highest BCUT2D eigenvalue weighted by Gasteiger charge is 2.24. The van der Waals surface area contributed by atoms with Gasteiger partial charge in [0.2, 0.25) is 5.91 Å². The SMILES string of the molecule is C[C@@H](CNC(=O)C(Cc1ccccc1)NC(=O)c1cccs1)n1cc(C2CCOC2)nn1. The molecule has 0 bridgehead atoms. The fourth-order valence-electron chi connectivity index (χ4n) is 3.62. The van der Waals surface area contributed by atoms with Crippen LogP contribution in [0.5, 0.6) is 0 Å². The van der Waals surface area contributed by atoms with Gasteiger partial charge in [0.1, 0.15) is 6.04 Å². The van der Waals surface area contributed by atoms with Crippen molar-refractivity contribution in [3.63, 3.8) is 0 Å². The van der Waals surface area contributed by atoms with Crippen molar-refractivity contribution in [3.8, 4) is 0 Å². The molecule has 8 nitrogen and oxygen atoms in total. The highest BCUT2D eigenvalue weighted by atomic mass is 32.1. The van der Waals surface area contributed by atoms with Gasteiger partial charge in [0.25, 0.3) is 5.91 Å². The molecule has 4 rings (SSSR count). The van der Waals surface area contributed by atoms with Crippen molar-refractivity contribution in [2.75, 3.05) is 19.8 Å². The van der Waals surface area contributed by atoms with E-state index in [0.29, 0.717) is 24.4 Å². The first-order valence-corrected chi connectivity index (χ1v) is 11.6. The van der Waals surface area contributed by atoms with E-state index in [1.807, 2.05) is 54.9 Å². The third-order valence-electron chi connectivity index (χ3n) is 5.55. The van der Waals surface area contributed by atoms with Crippen LogP contribution in [0.2, 0.25) is 0 Å². The lowest BCUT2D eigenvalue weighted by atomic mass is 10.0. The van der Waals surface area contributed by atoms with Crippen molar-refractivity contribution >= 4 is 23.2 Å². The van der Waals surface area contributed by atoms with Crippen molar-refractivity contribution in [2.24, 2.45) is 0 Å². The van der Waals surface area contributed by atoms with Gasteiger partial charge in [0.05, 0.1) is 23.2 Å². The van der Waals surface area contributed by atoms with Gasteiger partial charge in [-0.05, 0) is 30.4 Å². The molecule has 3 atom stereocenters. The summed E-state index contributed by atoms with van der Waals surface area (Å²) in [6.07, 6.45) is 3.29. The van der Waals surface area contributed by atoms with E-state index >= 15 is 0 Å². The largest absolute Gasteiger partial charge is 0.381 e. The quantitative estimate of drug-likeness (QED) is 0.519. The van der Waals surface area contributed by atoms with E-state index in [-0.39, 0.29) is 23.8 Å². The Kier molecular flexibility index (Phi) is 7.28. The molecule has 1 aliphatic rings. The highest BCUT2D eigenvalue weighted by Crippen LogP contribution is 2.23. The molecule has 3 aromatic rings. The lowest BCUT2D eigenvalue weighted by molar-refractivity contribution is -0.123. The maximum Gasteiger partial charge on any atom is 0.262 e. The average Bonchev–Trinajstić information content (AvgIpc) is 3.58. The first-order valence-electron chi connectivity index (χ1n) is 10.8. The molecule has 2 unspecified atom stereocenters. The number of nitrogens with zero attached hydrogens (tertiary/aromatic N) is 3. The minimum Gasteiger partial charge on any atom is -0.381 e. The van der Waals surface area contributed by atoms with E-state index < -0.39 is 6.04 Å². The van der Waals surface area contributed by atoms with Gasteiger partial charge in [-0.1, -0.05) is 41.6 Å². The maximum absolute atomic E-state index is 13.0. The third kappa shape index (κ3) is 5.60. The molecule has 9 heteroatoms. The number of thiophene rings is 1. The zero-order chi connectivity index (χ0) is 22.3. The van der Waals surface area contributed by atoms with Crippen molar-refractivity contribution < 1.29 is 14.3 Å². The van der Waals surface area contributed by atoms with Crippen molar-refractivity contribution in [1.29, 1.82) is 0 Å². The zero-order valence-electron chi connectivity index (χ0n) is 17.9. The lowest BCUT2D eigenvalue weighted by Gasteiger charge is -2.20. The summed E-state index contributed by atoms with van der Waals surface area (Å²) in [6.45, 7) is 3.78. The van der Waals surface area contributed by atoms with Crippen LogP contribution in [-0.4, -0.2) is 52.6 Å². The molecule has 0 spiro atoms. The number of nitrogens with one attached hydrogen (secondary N) is 2. The Balaban J connectivity index is 1.38. The smallest absolute Gasteiger partial charge is 0.262 e. The van der Waals surface area contributed by atoms with Crippen LogP contribution in [0, 0.1) is 0 Å². The van der Waals surface area contributed by atoms with Crippen molar-refractivity contribution in [3.05, 3.63) is 70.2 Å². The number of hydrogen-bond donors (Lipinski definition) is 2. The van der Waals surface area contributed by atoms with Crippen LogP contribution in [0.3, 0.4) is 0 Å². The summed E-state index contributed by atoms with van der Waals surface area (Å²) in [6, 6.07) is 12.5. The molecular weight excluding hydrogens is 426 g/mol. The van der Waals surface area contributed by atoms with Gasteiger partial charge >= 0.3 is 0 Å². The minimum atomic E-state index is -0.679. The monoisotopic (exact) mass is 453 g/mol. The summed E-state index contributed by atoms with van der Waals surface area (Å²) in [4.78, 5) is 26.2. The number of carbonyl (C=O) groups excluding carboxylic acids is 2. The first kappa shape index (κ1) is 22.2. The summed E-state index contributed by atoms with van der Waals surface area (Å²) in [7, 11) is 0. The minimum absolute atomic E-state index is 0.0760. The summed E-state index contributed by atoms with van der Waals surface area (Å²) >= 11 is 1.35. The second-order valence-electron chi connectivity index (χ2n) is 7.97. The molecular formula is C23H27N5O3S. The first-order chi connectivity index (χ1) is 15.6. The predicted octanol–water partition coefficient (Wildman–Crippen LogP) is 2.56. The number of benzene rings is 1. The Morgan fingerprint density at radius 3 is 2.81 bits per heavy atom. The number of aromatic nitrogens is 3. The van der Waals surface area contributed by atoms with Gasteiger partial charge in [-0.15, -0.1) is 16.4 Å². The molecule has 168 valence electrons. The van der Waals surface area contributed by atoms with E-state index in [0.717, 1.165) is 24.3 Å². The summed E-state index contributed by atoms with van der Waals surface area (Å²) in [5.74, 6) is -0.188. The van der Waals surface area contributed by atoms with Crippen LogP contribution in [-0.2, 0) is 16.0 Å². The van der Waals surface area contributed by atoms with E-state index in [2.05, 4.69) is 20.9 Å². The van der Waals surface area contributed by atoms with E-state index in [1.165, 1.54) is 11.3 Å². The molecule has 1 fully saturated rings. The van der Waals surface area contributed by atoms with Gasteiger partial charge in [-0.2, -0.15) is 0 Å². The molecule has 3 heterocycles. The second-order valence-corrected chi connectivity index (χ2v) is 8.92. The summed E-state index contributed by atoms with van der Waals surface area (Å²) < 4.78 is 7.19. The standard InChI is InChI=1S/C23H27N5O3S/c1-16(28-14-20(26-27-28)18-9-10-31-15-18)13-24-22(29)19(12-17-6-3-2-4-7-17)25-23(30)21-8-5-11-32-21/h2-8,11,14,16,18-19H,9-10,12-13,15H2,1H3,(H,24,29)(H,25,30)/t16-,18?,19?/m0/s1. The van der Waals surface area contributed by atoms with E-state index in [9.17, 15) is 9.59 Å². The number of rotatable bonds is 9. The lowest BCUT2D eigenvalue weighted by Crippen LogP contribution is -2.48. The van der Waals surface area contributed by atoms with Gasteiger partial charge in [-0.25, -0.2) is 4.68 Å². The van der Waals surface area contributed by atoms with Crippen LogP contribution in [0.15, 0.2) is 54.0 Å². The van der Waals surface area contributed by atoms with Crippen LogP contribution >= 0.6 is 11.3 Å². The summed E-state index contributed by atoms with van der Waals surface area (Å²) in [5, 5.41) is 16.2. The van der Waals surface area contributed by atoms with Crippen LogP contribution in [0.1, 0.15) is 46.2 Å². The molecule has 1 saturated heterocycles. The zero-order valence-corrected chi connectivity index (χ0v) is 18.8. The fourth-order valence-corrected chi connectivity index (χ4v) is 4.25. The predicted molar refractivity (Wildman–Crippen MR) is 122 cm³/mol. The number of amides is 2. The number of ether oxygens (including phenoxy) is 1. The molecule has 0 aliphatic carbocycles. The van der Waals surface area contributed by atoms with E-state index in [1.54, 1.807) is 10.7 Å². The van der Waals surface area contributed by atoms with Crippen LogP contribution in [0.25, 0.3) is 0 Å². The Hall–Kier alpha value is -3.04. The normalized spacial score (nSPS) is 17.6. The van der Waals surface area contributed by atoms with Gasteiger partial charge in [-0.3, -0.25) is 9.59 Å². The molecule has 2 aromatic heterocycles. The Morgan fingerprint density at radius 1 is 1.25 bits per heavy atom. The van der Waals surface area contributed by atoms with Crippen LogP contribution in [0.4, 0.5) is 0 Å². The molecule has 2 N–H and O–H groups in total. The van der Waals surface area contributed by atoms with Crippen molar-refractivity contribution in [2.45, 2.75) is 37.8 Å². The van der Waals surface area contributed by atoms with Crippen LogP contribution < -0.4 is 10.6 Å². The topological polar surface area (TPSA) is 98.1 Å². The molecule has 1 aromatic carbocycles. The Morgan fingerprint density at radius 2 is 2.09 bits per heavy atom. The maximum atomic E-state index is 13.0. The summed E-state index contributed by atoms with van der Waals surface area (Å²) in [5.41, 5.74) is 1.90. The second kappa shape index (κ2) is 10.5. The van der Waals surface area contributed by atoms with Gasteiger partial charge in [0.15, 0.2) is 0 Å². The third-order valence-corrected chi connectivity index (χ3v) is 6.42. The fraction of sp³-hybridized carbons (Fsp3) is 0.391. The van der Waals surface area contributed by atoms with Crippen molar-refractivity contribution in [1.82, 2.24) is 25.6 Å².